The van der Waals surface area contributed by atoms with E-state index in [1.54, 1.807) is 12.1 Å². The highest BCUT2D eigenvalue weighted by Gasteiger charge is 2.16. The molecule has 0 spiro atoms. The zero-order valence-corrected chi connectivity index (χ0v) is 13.8. The number of fused-ring (bicyclic) bond motifs is 1. The van der Waals surface area contributed by atoms with Crippen LogP contribution in [0.15, 0.2) is 47.4 Å². The van der Waals surface area contributed by atoms with Gasteiger partial charge in [-0.2, -0.15) is 0 Å². The van der Waals surface area contributed by atoms with E-state index in [0.717, 1.165) is 10.8 Å². The summed E-state index contributed by atoms with van der Waals surface area (Å²) >= 11 is 0. The summed E-state index contributed by atoms with van der Waals surface area (Å²) in [5, 5.41) is 12.7. The van der Waals surface area contributed by atoms with Crippen LogP contribution in [0.3, 0.4) is 0 Å². The van der Waals surface area contributed by atoms with Gasteiger partial charge in [0.1, 0.15) is 6.04 Å². The second-order valence-corrected chi connectivity index (χ2v) is 7.05. The highest BCUT2D eigenvalue weighted by Crippen LogP contribution is 2.18. The Morgan fingerprint density at radius 1 is 1.12 bits per heavy atom. The quantitative estimate of drug-likeness (QED) is 0.692. The molecule has 0 heterocycles. The fourth-order valence-electron chi connectivity index (χ4n) is 2.09. The molecule has 1 atom stereocenters. The zero-order valence-electron chi connectivity index (χ0n) is 13.0. The predicted molar refractivity (Wildman–Crippen MR) is 89.0 cm³/mol. The van der Waals surface area contributed by atoms with E-state index in [4.69, 9.17) is 5.11 Å². The van der Waals surface area contributed by atoms with Gasteiger partial charge >= 0.3 is 5.97 Å². The Hall–Kier alpha value is -2.45. The molecule has 2 rings (SSSR count). The molecule has 0 saturated heterocycles. The van der Waals surface area contributed by atoms with E-state index < -0.39 is 27.9 Å². The van der Waals surface area contributed by atoms with E-state index in [2.05, 4.69) is 10.0 Å². The van der Waals surface area contributed by atoms with Crippen LogP contribution in [0, 0.1) is 0 Å². The molecule has 0 radical (unpaired) electrons. The first-order chi connectivity index (χ1) is 11.3. The van der Waals surface area contributed by atoms with Gasteiger partial charge < -0.3 is 10.4 Å². The molecule has 1 amide bonds. The Bertz CT molecular complexity index is 864. The van der Waals surface area contributed by atoms with Crippen molar-refractivity contribution >= 4 is 32.7 Å². The molecule has 0 aliphatic heterocycles. The van der Waals surface area contributed by atoms with Gasteiger partial charge in [-0.1, -0.05) is 30.3 Å². The zero-order chi connectivity index (χ0) is 17.7. The van der Waals surface area contributed by atoms with E-state index >= 15 is 0 Å². The number of carboxylic acids is 1. The van der Waals surface area contributed by atoms with Crippen molar-refractivity contribution in [1.29, 1.82) is 0 Å². The normalized spacial score (nSPS) is 12.7. The molecule has 2 aromatic carbocycles. The molecule has 0 aliphatic rings. The lowest BCUT2D eigenvalue weighted by Crippen LogP contribution is -2.39. The molecule has 0 saturated carbocycles. The topological polar surface area (TPSA) is 113 Å². The van der Waals surface area contributed by atoms with Crippen LogP contribution in [0.2, 0.25) is 0 Å². The molecule has 7 nitrogen and oxygen atoms in total. The molecule has 0 aromatic heterocycles. The third kappa shape index (κ3) is 4.53. The molecule has 2 aromatic rings. The predicted octanol–water partition coefficient (Wildman–Crippen LogP) is 1.10. The van der Waals surface area contributed by atoms with Gasteiger partial charge in [0.05, 0.1) is 4.90 Å². The fraction of sp³-hybridized carbons (Fsp3) is 0.250. The first kappa shape index (κ1) is 17.9. The lowest BCUT2D eigenvalue weighted by Gasteiger charge is -2.10. The molecule has 0 fully saturated rings. The number of carbonyl (C=O) groups excluding carboxylic acids is 1. The summed E-state index contributed by atoms with van der Waals surface area (Å²) in [6, 6.07) is 11.1. The van der Waals surface area contributed by atoms with Gasteiger partial charge in [-0.15, -0.1) is 0 Å². The first-order valence-corrected chi connectivity index (χ1v) is 8.78. The summed E-state index contributed by atoms with van der Waals surface area (Å²) in [7, 11) is -3.74. The van der Waals surface area contributed by atoms with Crippen LogP contribution in [0.4, 0.5) is 0 Å². The van der Waals surface area contributed by atoms with Crippen molar-refractivity contribution in [3.63, 3.8) is 0 Å². The molecular formula is C16H18N2O5S. The van der Waals surface area contributed by atoms with Gasteiger partial charge in [0, 0.05) is 13.0 Å². The summed E-state index contributed by atoms with van der Waals surface area (Å²) in [5.74, 6) is -1.69. The standard InChI is InChI=1S/C16H18N2O5S/c1-11(16(20)21)18-15(19)8-9-17-24(22,23)14-7-6-12-4-2-3-5-13(12)10-14/h2-7,10-11,17H,8-9H2,1H3,(H,18,19)(H,20,21)/t11-/m1/s1. The molecule has 3 N–H and O–H groups in total. The molecule has 8 heteroatoms. The minimum absolute atomic E-state index is 0.112. The van der Waals surface area contributed by atoms with E-state index in [1.807, 2.05) is 24.3 Å². The van der Waals surface area contributed by atoms with Crippen LogP contribution >= 0.6 is 0 Å². The van der Waals surface area contributed by atoms with Crippen molar-refractivity contribution in [3.8, 4) is 0 Å². The molecule has 0 bridgehead atoms. The minimum Gasteiger partial charge on any atom is -0.480 e. The lowest BCUT2D eigenvalue weighted by molar-refractivity contribution is -0.141. The molecule has 0 aliphatic carbocycles. The van der Waals surface area contributed by atoms with Crippen LogP contribution in [0.1, 0.15) is 13.3 Å². The second kappa shape index (κ2) is 7.41. The maximum Gasteiger partial charge on any atom is 0.325 e. The monoisotopic (exact) mass is 350 g/mol. The Labute approximate surface area is 139 Å². The van der Waals surface area contributed by atoms with Crippen molar-refractivity contribution < 1.29 is 23.1 Å². The first-order valence-electron chi connectivity index (χ1n) is 7.30. The molecule has 0 unspecified atom stereocenters. The number of carbonyl (C=O) groups is 2. The maximum atomic E-state index is 12.3. The maximum absolute atomic E-state index is 12.3. The number of aliphatic carboxylic acids is 1. The van der Waals surface area contributed by atoms with Crippen LogP contribution in [-0.2, 0) is 19.6 Å². The van der Waals surface area contributed by atoms with E-state index in [1.165, 1.54) is 13.0 Å². The fourth-order valence-corrected chi connectivity index (χ4v) is 3.16. The Kier molecular flexibility index (Phi) is 5.53. The molecule has 128 valence electrons. The van der Waals surface area contributed by atoms with Crippen molar-refractivity contribution in [1.82, 2.24) is 10.0 Å². The van der Waals surface area contributed by atoms with Gasteiger partial charge in [0.2, 0.25) is 15.9 Å². The van der Waals surface area contributed by atoms with Crippen LogP contribution in [0.5, 0.6) is 0 Å². The summed E-state index contributed by atoms with van der Waals surface area (Å²) in [5.41, 5.74) is 0. The van der Waals surface area contributed by atoms with Gasteiger partial charge in [-0.3, -0.25) is 9.59 Å². The summed E-state index contributed by atoms with van der Waals surface area (Å²) in [4.78, 5) is 22.3. The van der Waals surface area contributed by atoms with Crippen molar-refractivity contribution in [2.24, 2.45) is 0 Å². The number of amides is 1. The van der Waals surface area contributed by atoms with Crippen LogP contribution in [-0.4, -0.2) is 38.0 Å². The van der Waals surface area contributed by atoms with E-state index in [0.29, 0.717) is 0 Å². The SMILES string of the molecule is C[C@@H](NC(=O)CCNS(=O)(=O)c1ccc2ccccc2c1)C(=O)O. The molecular weight excluding hydrogens is 332 g/mol. The number of hydrogen-bond donors (Lipinski definition) is 3. The number of rotatable bonds is 7. The van der Waals surface area contributed by atoms with Gasteiger partial charge in [-0.05, 0) is 29.8 Å². The van der Waals surface area contributed by atoms with Gasteiger partial charge in [-0.25, -0.2) is 13.1 Å². The summed E-state index contributed by atoms with van der Waals surface area (Å²) < 4.78 is 26.8. The smallest absolute Gasteiger partial charge is 0.325 e. The highest BCUT2D eigenvalue weighted by atomic mass is 32.2. The lowest BCUT2D eigenvalue weighted by atomic mass is 10.1. The number of benzene rings is 2. The third-order valence-corrected chi connectivity index (χ3v) is 4.88. The van der Waals surface area contributed by atoms with E-state index in [9.17, 15) is 18.0 Å². The van der Waals surface area contributed by atoms with Crippen LogP contribution in [0.25, 0.3) is 10.8 Å². The number of carboxylic acid groups (broad SMARTS) is 1. The minimum atomic E-state index is -3.74. The Balaban J connectivity index is 1.97. The van der Waals surface area contributed by atoms with Crippen LogP contribution < -0.4 is 10.0 Å². The Morgan fingerprint density at radius 2 is 1.79 bits per heavy atom. The van der Waals surface area contributed by atoms with Gasteiger partial charge in [0.25, 0.3) is 0 Å². The average Bonchev–Trinajstić information content (AvgIpc) is 2.54. The number of hydrogen-bond acceptors (Lipinski definition) is 4. The summed E-state index contributed by atoms with van der Waals surface area (Å²) in [6.07, 6.45) is -0.148. The largest absolute Gasteiger partial charge is 0.480 e. The third-order valence-electron chi connectivity index (χ3n) is 3.42. The highest BCUT2D eigenvalue weighted by molar-refractivity contribution is 7.89. The van der Waals surface area contributed by atoms with Crippen molar-refractivity contribution in [2.75, 3.05) is 6.54 Å². The van der Waals surface area contributed by atoms with Gasteiger partial charge in [0.15, 0.2) is 0 Å². The van der Waals surface area contributed by atoms with E-state index in [-0.39, 0.29) is 17.9 Å². The average molecular weight is 350 g/mol. The summed E-state index contributed by atoms with van der Waals surface area (Å²) in [6.45, 7) is 1.22. The van der Waals surface area contributed by atoms with Crippen molar-refractivity contribution in [2.45, 2.75) is 24.3 Å². The molecule has 24 heavy (non-hydrogen) atoms. The second-order valence-electron chi connectivity index (χ2n) is 5.28. The number of nitrogens with one attached hydrogen (secondary N) is 2. The van der Waals surface area contributed by atoms with Crippen molar-refractivity contribution in [3.05, 3.63) is 42.5 Å². The number of sulfonamides is 1. The Morgan fingerprint density at radius 3 is 2.46 bits per heavy atom.